The Hall–Kier alpha value is -4.80. The van der Waals surface area contributed by atoms with Crippen LogP contribution in [0.1, 0.15) is 54.2 Å². The maximum Gasteiger partial charge on any atom is 0.414 e. The van der Waals surface area contributed by atoms with E-state index in [2.05, 4.69) is 11.6 Å². The van der Waals surface area contributed by atoms with Gasteiger partial charge in [-0.25, -0.2) is 14.6 Å². The van der Waals surface area contributed by atoms with Crippen LogP contribution in [0, 0.1) is 13.8 Å². The number of hydrogen-bond donors (Lipinski definition) is 0. The second-order valence-corrected chi connectivity index (χ2v) is 11.6. The molecule has 4 rings (SSSR count). The number of anilines is 1. The average molecular weight is 624 g/mol. The Morgan fingerprint density at radius 2 is 1.53 bits per heavy atom. The Bertz CT molecular complexity index is 1770. The van der Waals surface area contributed by atoms with Crippen molar-refractivity contribution in [2.45, 2.75) is 52.8 Å². The molecule has 2 aromatic carbocycles. The molecule has 45 heavy (non-hydrogen) atoms. The molecule has 4 aromatic rings. The number of benzene rings is 2. The van der Waals surface area contributed by atoms with Crippen LogP contribution in [0.3, 0.4) is 0 Å². The van der Waals surface area contributed by atoms with Gasteiger partial charge in [-0.2, -0.15) is 13.2 Å². The van der Waals surface area contributed by atoms with Gasteiger partial charge < -0.3 is 14.2 Å². The van der Waals surface area contributed by atoms with Crippen molar-refractivity contribution in [2.24, 2.45) is 0 Å². The standard InChI is InChI=1S/C34H36F3N3O5/c1-20-15-23(9-11-26(20)22(3)43-7)25-17-28(39(14-13-34(35,36)37)32(42)45-33(4,5)6)30-38-18-29(40(30)19-25)24-10-12-27(21(2)16-24)31(41)44-8/h9-12,15-19H,3,13-14H2,1-2,4-8H3. The summed E-state index contributed by atoms with van der Waals surface area (Å²) in [5.74, 6) is 0.00973. The number of rotatable bonds is 8. The number of methoxy groups -OCH3 is 2. The molecule has 2 heterocycles. The predicted octanol–water partition coefficient (Wildman–Crippen LogP) is 8.38. The van der Waals surface area contributed by atoms with E-state index < -0.39 is 36.8 Å². The SMILES string of the molecule is C=C(OC)c1ccc(-c2cc(N(CCC(F)(F)F)C(=O)OC(C)(C)C)c3ncc(-c4ccc(C(=O)OC)c(C)c4)n3c2)cc1C. The normalized spacial score (nSPS) is 11.8. The Kier molecular flexibility index (Phi) is 9.32. The third-order valence-corrected chi connectivity index (χ3v) is 7.14. The van der Waals surface area contributed by atoms with Crippen molar-refractivity contribution in [1.29, 1.82) is 0 Å². The van der Waals surface area contributed by atoms with Crippen molar-refractivity contribution in [1.82, 2.24) is 9.38 Å². The lowest BCUT2D eigenvalue weighted by atomic mass is 9.99. The third-order valence-electron chi connectivity index (χ3n) is 7.14. The van der Waals surface area contributed by atoms with Gasteiger partial charge in [-0.15, -0.1) is 0 Å². The van der Waals surface area contributed by atoms with E-state index >= 15 is 0 Å². The van der Waals surface area contributed by atoms with E-state index in [-0.39, 0.29) is 11.3 Å². The number of imidazole rings is 1. The zero-order chi connectivity index (χ0) is 33.3. The molecule has 0 aliphatic rings. The number of ether oxygens (including phenoxy) is 3. The Morgan fingerprint density at radius 1 is 0.911 bits per heavy atom. The number of esters is 1. The molecule has 0 unspecified atom stereocenters. The Morgan fingerprint density at radius 3 is 2.11 bits per heavy atom. The van der Waals surface area contributed by atoms with E-state index in [0.29, 0.717) is 33.7 Å². The molecule has 0 bridgehead atoms. The quantitative estimate of drug-likeness (QED) is 0.145. The summed E-state index contributed by atoms with van der Waals surface area (Å²) in [6.45, 7) is 11.8. The van der Waals surface area contributed by atoms with E-state index in [9.17, 15) is 22.8 Å². The molecule has 1 amide bonds. The van der Waals surface area contributed by atoms with Crippen LogP contribution >= 0.6 is 0 Å². The van der Waals surface area contributed by atoms with Gasteiger partial charge in [0.05, 0.1) is 43.8 Å². The lowest BCUT2D eigenvalue weighted by Gasteiger charge is -2.28. The van der Waals surface area contributed by atoms with Gasteiger partial charge in [-0.1, -0.05) is 30.8 Å². The monoisotopic (exact) mass is 623 g/mol. The molecule has 0 aliphatic carbocycles. The van der Waals surface area contributed by atoms with Crippen LogP contribution in [0.4, 0.5) is 23.7 Å². The van der Waals surface area contributed by atoms with E-state index in [4.69, 9.17) is 14.2 Å². The minimum atomic E-state index is -4.52. The highest BCUT2D eigenvalue weighted by atomic mass is 19.4. The van der Waals surface area contributed by atoms with Crippen LogP contribution in [0.25, 0.3) is 33.8 Å². The summed E-state index contributed by atoms with van der Waals surface area (Å²) in [6, 6.07) is 12.4. The maximum atomic E-state index is 13.5. The van der Waals surface area contributed by atoms with Crippen LogP contribution in [-0.2, 0) is 14.2 Å². The van der Waals surface area contributed by atoms with Gasteiger partial charge in [0.1, 0.15) is 11.4 Å². The number of carbonyl (C=O) groups excluding carboxylic acids is 2. The van der Waals surface area contributed by atoms with E-state index in [1.807, 2.05) is 25.1 Å². The lowest BCUT2D eigenvalue weighted by molar-refractivity contribution is -0.132. The number of carbonyl (C=O) groups is 2. The number of pyridine rings is 1. The van der Waals surface area contributed by atoms with Crippen LogP contribution in [0.5, 0.6) is 0 Å². The van der Waals surface area contributed by atoms with Crippen molar-refractivity contribution < 1.29 is 37.0 Å². The minimum Gasteiger partial charge on any atom is -0.497 e. The minimum absolute atomic E-state index is 0.142. The summed E-state index contributed by atoms with van der Waals surface area (Å²) in [5, 5.41) is 0. The molecule has 0 fully saturated rings. The number of halogens is 3. The van der Waals surface area contributed by atoms with E-state index in [0.717, 1.165) is 21.6 Å². The number of fused-ring (bicyclic) bond motifs is 1. The second kappa shape index (κ2) is 12.7. The number of aromatic nitrogens is 2. The molecule has 2 aromatic heterocycles. The van der Waals surface area contributed by atoms with Crippen LogP contribution < -0.4 is 4.90 Å². The summed E-state index contributed by atoms with van der Waals surface area (Å²) in [5.41, 5.74) is 4.78. The number of alkyl halides is 3. The second-order valence-electron chi connectivity index (χ2n) is 11.6. The summed E-state index contributed by atoms with van der Waals surface area (Å²) >= 11 is 0. The van der Waals surface area contributed by atoms with Crippen LogP contribution in [0.15, 0.2) is 61.4 Å². The van der Waals surface area contributed by atoms with Crippen molar-refractivity contribution in [2.75, 3.05) is 25.7 Å². The van der Waals surface area contributed by atoms with Gasteiger partial charge in [-0.05, 0) is 69.5 Å². The molecule has 0 saturated heterocycles. The highest BCUT2D eigenvalue weighted by Crippen LogP contribution is 2.35. The Balaban J connectivity index is 1.98. The molecule has 0 aliphatic heterocycles. The number of amides is 1. The van der Waals surface area contributed by atoms with Gasteiger partial charge in [0.15, 0.2) is 5.65 Å². The molecule has 0 spiro atoms. The van der Waals surface area contributed by atoms with Crippen molar-refractivity contribution in [3.8, 4) is 22.4 Å². The summed E-state index contributed by atoms with van der Waals surface area (Å²) in [4.78, 5) is 31.2. The van der Waals surface area contributed by atoms with Gasteiger partial charge >= 0.3 is 18.2 Å². The molecule has 0 atom stereocenters. The number of hydrogen-bond acceptors (Lipinski definition) is 6. The van der Waals surface area contributed by atoms with Gasteiger partial charge in [-0.3, -0.25) is 9.30 Å². The fourth-order valence-corrected chi connectivity index (χ4v) is 4.93. The maximum absolute atomic E-state index is 13.5. The third kappa shape index (κ3) is 7.47. The fourth-order valence-electron chi connectivity index (χ4n) is 4.93. The molecular weight excluding hydrogens is 587 g/mol. The highest BCUT2D eigenvalue weighted by molar-refractivity contribution is 5.95. The highest BCUT2D eigenvalue weighted by Gasteiger charge is 2.33. The summed E-state index contributed by atoms with van der Waals surface area (Å²) < 4.78 is 57.9. The predicted molar refractivity (Wildman–Crippen MR) is 167 cm³/mol. The molecule has 0 radical (unpaired) electrons. The van der Waals surface area contributed by atoms with Crippen molar-refractivity contribution in [3.63, 3.8) is 0 Å². The van der Waals surface area contributed by atoms with Gasteiger partial charge in [0, 0.05) is 29.4 Å². The Labute approximate surface area is 260 Å². The zero-order valence-electron chi connectivity index (χ0n) is 26.3. The number of aryl methyl sites for hydroxylation is 2. The zero-order valence-corrected chi connectivity index (χ0v) is 26.3. The van der Waals surface area contributed by atoms with E-state index in [1.54, 1.807) is 68.8 Å². The summed E-state index contributed by atoms with van der Waals surface area (Å²) in [7, 11) is 2.83. The molecule has 0 saturated carbocycles. The van der Waals surface area contributed by atoms with Crippen LogP contribution in [-0.4, -0.2) is 54.0 Å². The topological polar surface area (TPSA) is 82.4 Å². The first kappa shape index (κ1) is 33.1. The first-order chi connectivity index (χ1) is 21.0. The number of nitrogens with zero attached hydrogens (tertiary/aromatic N) is 3. The van der Waals surface area contributed by atoms with E-state index in [1.165, 1.54) is 14.2 Å². The smallest absolute Gasteiger partial charge is 0.414 e. The van der Waals surface area contributed by atoms with Gasteiger partial charge in [0.25, 0.3) is 0 Å². The first-order valence-corrected chi connectivity index (χ1v) is 14.1. The van der Waals surface area contributed by atoms with Crippen molar-refractivity contribution in [3.05, 3.63) is 83.7 Å². The molecule has 11 heteroatoms. The first-order valence-electron chi connectivity index (χ1n) is 14.1. The molecule has 238 valence electrons. The lowest BCUT2D eigenvalue weighted by Crippen LogP contribution is -2.39. The largest absolute Gasteiger partial charge is 0.497 e. The molecule has 0 N–H and O–H groups in total. The average Bonchev–Trinajstić information content (AvgIpc) is 3.39. The molecule has 8 nitrogen and oxygen atoms in total. The fraction of sp³-hybridized carbons (Fsp3) is 0.324. The van der Waals surface area contributed by atoms with Gasteiger partial charge in [0.2, 0.25) is 0 Å². The van der Waals surface area contributed by atoms with Crippen LogP contribution in [0.2, 0.25) is 0 Å². The van der Waals surface area contributed by atoms with Crippen molar-refractivity contribution >= 4 is 29.2 Å². The molecular formula is C34H36F3N3O5. The summed E-state index contributed by atoms with van der Waals surface area (Å²) in [6.07, 6.45) is -3.33.